The zero-order valence-electron chi connectivity index (χ0n) is 17.5. The van der Waals surface area contributed by atoms with Crippen molar-refractivity contribution in [2.24, 2.45) is 0 Å². The van der Waals surface area contributed by atoms with Crippen LogP contribution in [0.3, 0.4) is 0 Å². The summed E-state index contributed by atoms with van der Waals surface area (Å²) in [5.74, 6) is 0. The van der Waals surface area contributed by atoms with E-state index in [2.05, 4.69) is 33.9 Å². The highest BCUT2D eigenvalue weighted by Crippen LogP contribution is 2.39. The third-order valence-electron chi connectivity index (χ3n) is 4.70. The molecule has 0 rings (SSSR count). The van der Waals surface area contributed by atoms with E-state index >= 15 is 0 Å². The summed E-state index contributed by atoms with van der Waals surface area (Å²) in [6.45, 7) is 18.6. The van der Waals surface area contributed by atoms with Gasteiger partial charge in [-0.25, -0.2) is 0 Å². The van der Waals surface area contributed by atoms with Crippen LogP contribution in [0.25, 0.3) is 0 Å². The zero-order chi connectivity index (χ0) is 19.4. The van der Waals surface area contributed by atoms with Gasteiger partial charge >= 0.3 is 0 Å². The quantitative estimate of drug-likeness (QED) is 0.243. The summed E-state index contributed by atoms with van der Waals surface area (Å²) in [7, 11) is -1.95. The van der Waals surface area contributed by atoms with E-state index < -0.39 is 13.9 Å². The van der Waals surface area contributed by atoms with Crippen LogP contribution in [0, 0.1) is 0 Å². The Kier molecular flexibility index (Phi) is 12.0. The highest BCUT2D eigenvalue weighted by atomic mass is 28.4. The van der Waals surface area contributed by atoms with Gasteiger partial charge in [0.05, 0.1) is 26.4 Å². The third-order valence-corrected chi connectivity index (χ3v) is 9.29. The Labute approximate surface area is 155 Å². The van der Waals surface area contributed by atoms with Crippen LogP contribution in [-0.4, -0.2) is 59.8 Å². The maximum atomic E-state index is 11.6. The molecule has 0 aromatic rings. The summed E-state index contributed by atoms with van der Waals surface area (Å²) in [6, 6.07) is 0. The summed E-state index contributed by atoms with van der Waals surface area (Å²) in [6.07, 6.45) is 3.54. The Bertz CT molecular complexity index is 354. The SMILES string of the molecule is CCOCCOCCOCCCCC(C)(C=O)O[Si](C)(C)C(C)(C)C. The van der Waals surface area contributed by atoms with Crippen molar-refractivity contribution in [3.05, 3.63) is 0 Å². The van der Waals surface area contributed by atoms with E-state index in [0.717, 1.165) is 32.2 Å². The molecule has 0 aliphatic carbocycles. The van der Waals surface area contributed by atoms with Crippen molar-refractivity contribution in [1.29, 1.82) is 0 Å². The highest BCUT2D eigenvalue weighted by Gasteiger charge is 2.42. The van der Waals surface area contributed by atoms with E-state index in [1.807, 2.05) is 13.8 Å². The van der Waals surface area contributed by atoms with E-state index in [-0.39, 0.29) is 5.04 Å². The van der Waals surface area contributed by atoms with Gasteiger partial charge in [0.25, 0.3) is 0 Å². The summed E-state index contributed by atoms with van der Waals surface area (Å²) in [5.41, 5.74) is -0.689. The van der Waals surface area contributed by atoms with Crippen LogP contribution in [0.15, 0.2) is 0 Å². The van der Waals surface area contributed by atoms with Gasteiger partial charge in [0.2, 0.25) is 0 Å². The first-order valence-corrected chi connectivity index (χ1v) is 12.4. The Hall–Kier alpha value is -0.273. The topological polar surface area (TPSA) is 54.0 Å². The molecule has 0 spiro atoms. The van der Waals surface area contributed by atoms with E-state index in [0.29, 0.717) is 33.0 Å². The van der Waals surface area contributed by atoms with Gasteiger partial charge < -0.3 is 23.4 Å². The van der Waals surface area contributed by atoms with Crippen molar-refractivity contribution < 1.29 is 23.4 Å². The maximum Gasteiger partial charge on any atom is 0.193 e. The highest BCUT2D eigenvalue weighted by molar-refractivity contribution is 6.74. The monoisotopic (exact) mass is 376 g/mol. The fraction of sp³-hybridized carbons (Fsp3) is 0.947. The lowest BCUT2D eigenvalue weighted by Gasteiger charge is -2.42. The number of unbranched alkanes of at least 4 members (excludes halogenated alkanes) is 1. The Morgan fingerprint density at radius 3 is 1.84 bits per heavy atom. The minimum absolute atomic E-state index is 0.0998. The molecule has 0 radical (unpaired) electrons. The molecular weight excluding hydrogens is 336 g/mol. The second-order valence-electron chi connectivity index (χ2n) is 8.17. The van der Waals surface area contributed by atoms with Gasteiger partial charge in [-0.1, -0.05) is 20.8 Å². The Balaban J connectivity index is 3.88. The third kappa shape index (κ3) is 11.1. The first kappa shape index (κ1) is 24.7. The summed E-state index contributed by atoms with van der Waals surface area (Å²) < 4.78 is 22.5. The van der Waals surface area contributed by atoms with Crippen LogP contribution in [0.1, 0.15) is 53.9 Å². The predicted molar refractivity (Wildman–Crippen MR) is 105 cm³/mol. The number of carbonyl (C=O) groups excluding carboxylic acids is 1. The van der Waals surface area contributed by atoms with E-state index in [1.165, 1.54) is 0 Å². The van der Waals surface area contributed by atoms with Gasteiger partial charge in [0.1, 0.15) is 11.9 Å². The van der Waals surface area contributed by atoms with Crippen molar-refractivity contribution in [1.82, 2.24) is 0 Å². The maximum absolute atomic E-state index is 11.6. The lowest BCUT2D eigenvalue weighted by atomic mass is 10.0. The normalized spacial score (nSPS) is 15.2. The van der Waals surface area contributed by atoms with Crippen LogP contribution >= 0.6 is 0 Å². The minimum atomic E-state index is -1.95. The summed E-state index contributed by atoms with van der Waals surface area (Å²) >= 11 is 0. The van der Waals surface area contributed by atoms with Crippen LogP contribution < -0.4 is 0 Å². The molecule has 6 heteroatoms. The first-order chi connectivity index (χ1) is 11.6. The van der Waals surface area contributed by atoms with Gasteiger partial charge in [0, 0.05) is 13.2 Å². The van der Waals surface area contributed by atoms with Gasteiger partial charge in [-0.2, -0.15) is 0 Å². The largest absolute Gasteiger partial charge is 0.405 e. The molecule has 0 saturated heterocycles. The molecular formula is C19H40O5Si. The number of carbonyl (C=O) groups is 1. The zero-order valence-corrected chi connectivity index (χ0v) is 18.5. The molecule has 0 heterocycles. The lowest BCUT2D eigenvalue weighted by molar-refractivity contribution is -0.121. The molecule has 0 amide bonds. The average molecular weight is 377 g/mol. The summed E-state index contributed by atoms with van der Waals surface area (Å²) in [4.78, 5) is 11.6. The molecule has 150 valence electrons. The molecule has 0 saturated carbocycles. The molecule has 5 nitrogen and oxygen atoms in total. The van der Waals surface area contributed by atoms with Crippen LogP contribution in [0.4, 0.5) is 0 Å². The Morgan fingerprint density at radius 2 is 1.36 bits per heavy atom. The van der Waals surface area contributed by atoms with Crippen molar-refractivity contribution >= 4 is 14.6 Å². The lowest BCUT2D eigenvalue weighted by Crippen LogP contribution is -2.49. The van der Waals surface area contributed by atoms with Crippen LogP contribution in [0.5, 0.6) is 0 Å². The Morgan fingerprint density at radius 1 is 0.840 bits per heavy atom. The molecule has 0 aromatic heterocycles. The number of aldehydes is 1. The molecule has 0 fully saturated rings. The molecule has 0 aromatic carbocycles. The van der Waals surface area contributed by atoms with Gasteiger partial charge in [-0.3, -0.25) is 0 Å². The fourth-order valence-corrected chi connectivity index (χ4v) is 3.76. The predicted octanol–water partition coefficient (Wildman–Crippen LogP) is 4.21. The number of hydrogen-bond acceptors (Lipinski definition) is 5. The molecule has 0 N–H and O–H groups in total. The van der Waals surface area contributed by atoms with E-state index in [4.69, 9.17) is 18.6 Å². The van der Waals surface area contributed by atoms with Gasteiger partial charge in [0.15, 0.2) is 8.32 Å². The van der Waals surface area contributed by atoms with Crippen molar-refractivity contribution in [2.75, 3.05) is 39.6 Å². The number of rotatable bonds is 15. The molecule has 0 aliphatic heterocycles. The fourth-order valence-electron chi connectivity index (χ4n) is 2.13. The van der Waals surface area contributed by atoms with Crippen LogP contribution in [-0.2, 0) is 23.4 Å². The van der Waals surface area contributed by atoms with E-state index in [1.54, 1.807) is 0 Å². The first-order valence-electron chi connectivity index (χ1n) is 9.48. The average Bonchev–Trinajstić information content (AvgIpc) is 2.51. The second kappa shape index (κ2) is 12.2. The van der Waals surface area contributed by atoms with Crippen molar-refractivity contribution in [2.45, 2.75) is 77.6 Å². The smallest absolute Gasteiger partial charge is 0.193 e. The van der Waals surface area contributed by atoms with Gasteiger partial charge in [-0.15, -0.1) is 0 Å². The standard InChI is InChI=1S/C19H40O5Si/c1-8-21-13-14-23-16-15-22-12-10-9-11-19(5,17-20)24-25(6,7)18(2,3)4/h17H,8-16H2,1-7H3. The van der Waals surface area contributed by atoms with Crippen LogP contribution in [0.2, 0.25) is 18.1 Å². The molecule has 0 aliphatic rings. The number of hydrogen-bond donors (Lipinski definition) is 0. The molecule has 1 atom stereocenters. The summed E-state index contributed by atoms with van der Waals surface area (Å²) in [5, 5.41) is 0.0998. The molecule has 25 heavy (non-hydrogen) atoms. The van der Waals surface area contributed by atoms with Gasteiger partial charge in [-0.05, 0) is 51.2 Å². The van der Waals surface area contributed by atoms with Crippen molar-refractivity contribution in [3.63, 3.8) is 0 Å². The number of ether oxygens (including phenoxy) is 3. The van der Waals surface area contributed by atoms with E-state index in [9.17, 15) is 4.79 Å². The second-order valence-corrected chi connectivity index (χ2v) is 12.9. The molecule has 1 unspecified atom stereocenters. The molecule has 0 bridgehead atoms. The minimum Gasteiger partial charge on any atom is -0.405 e. The van der Waals surface area contributed by atoms with Crippen molar-refractivity contribution in [3.8, 4) is 0 Å².